The van der Waals surface area contributed by atoms with Crippen molar-refractivity contribution in [2.24, 2.45) is 5.84 Å². The van der Waals surface area contributed by atoms with E-state index in [1.165, 1.54) is 6.33 Å². The number of aromatic nitrogens is 2. The first-order valence-electron chi connectivity index (χ1n) is 5.15. The summed E-state index contributed by atoms with van der Waals surface area (Å²) >= 11 is 0. The van der Waals surface area contributed by atoms with Gasteiger partial charge < -0.3 is 10.3 Å². The quantitative estimate of drug-likeness (QED) is 0.575. The van der Waals surface area contributed by atoms with E-state index in [2.05, 4.69) is 41.1 Å². The largest absolute Gasteiger partial charge is 0.357 e. The lowest BCUT2D eigenvalue weighted by Gasteiger charge is -2.25. The van der Waals surface area contributed by atoms with Crippen LogP contribution in [0.5, 0.6) is 0 Å². The molecule has 5 nitrogen and oxygen atoms in total. The second-order valence-corrected chi connectivity index (χ2v) is 3.73. The van der Waals surface area contributed by atoms with Crippen LogP contribution in [0.15, 0.2) is 6.33 Å². The van der Waals surface area contributed by atoms with Crippen molar-refractivity contribution in [2.45, 2.75) is 33.2 Å². The highest BCUT2D eigenvalue weighted by Gasteiger charge is 2.14. The first-order valence-corrected chi connectivity index (χ1v) is 5.15. The predicted octanol–water partition coefficient (Wildman–Crippen LogP) is 1.17. The Balaban J connectivity index is 3.16. The SMILES string of the molecule is CCc1c(NN)ncnc1N(C)C(C)C. The van der Waals surface area contributed by atoms with E-state index >= 15 is 0 Å². The average Bonchev–Trinajstić information content (AvgIpc) is 2.26. The second-order valence-electron chi connectivity index (χ2n) is 3.73. The fraction of sp³-hybridized carbons (Fsp3) is 0.600. The minimum Gasteiger partial charge on any atom is -0.357 e. The van der Waals surface area contributed by atoms with Gasteiger partial charge in [0.1, 0.15) is 18.0 Å². The minimum absolute atomic E-state index is 0.399. The standard InChI is InChI=1S/C10H19N5/c1-5-8-9(14-11)12-6-13-10(8)15(4)7(2)3/h6-7H,5,11H2,1-4H3,(H,12,13,14). The summed E-state index contributed by atoms with van der Waals surface area (Å²) in [5.74, 6) is 7.06. The molecule has 3 N–H and O–H groups in total. The van der Waals surface area contributed by atoms with E-state index in [4.69, 9.17) is 5.84 Å². The average molecular weight is 209 g/mol. The number of hydrazine groups is 1. The van der Waals surface area contributed by atoms with Crippen molar-refractivity contribution in [3.8, 4) is 0 Å². The third kappa shape index (κ3) is 2.36. The highest BCUT2D eigenvalue weighted by Crippen LogP contribution is 2.23. The minimum atomic E-state index is 0.399. The van der Waals surface area contributed by atoms with Gasteiger partial charge in [0, 0.05) is 18.7 Å². The molecule has 0 aliphatic carbocycles. The van der Waals surface area contributed by atoms with Gasteiger partial charge in [-0.25, -0.2) is 15.8 Å². The van der Waals surface area contributed by atoms with E-state index in [1.54, 1.807) is 0 Å². The van der Waals surface area contributed by atoms with Gasteiger partial charge >= 0.3 is 0 Å². The monoisotopic (exact) mass is 209 g/mol. The van der Waals surface area contributed by atoms with Crippen molar-refractivity contribution in [3.05, 3.63) is 11.9 Å². The molecular formula is C10H19N5. The molecule has 0 atom stereocenters. The van der Waals surface area contributed by atoms with Crippen LogP contribution < -0.4 is 16.2 Å². The summed E-state index contributed by atoms with van der Waals surface area (Å²) in [6, 6.07) is 0.399. The zero-order chi connectivity index (χ0) is 11.4. The van der Waals surface area contributed by atoms with Gasteiger partial charge in [0.25, 0.3) is 0 Å². The highest BCUT2D eigenvalue weighted by molar-refractivity contribution is 5.58. The van der Waals surface area contributed by atoms with Gasteiger partial charge in [-0.15, -0.1) is 0 Å². The topological polar surface area (TPSA) is 67.1 Å². The molecule has 0 saturated carbocycles. The van der Waals surface area contributed by atoms with Gasteiger partial charge in [-0.2, -0.15) is 0 Å². The Bertz CT molecular complexity index is 324. The zero-order valence-electron chi connectivity index (χ0n) is 9.78. The Morgan fingerprint density at radius 1 is 1.47 bits per heavy atom. The summed E-state index contributed by atoms with van der Waals surface area (Å²) in [5, 5.41) is 0. The number of nitrogens with one attached hydrogen (secondary N) is 1. The number of hydrogen-bond donors (Lipinski definition) is 2. The second kappa shape index (κ2) is 4.93. The molecule has 5 heteroatoms. The van der Waals surface area contributed by atoms with Crippen molar-refractivity contribution in [2.75, 3.05) is 17.4 Å². The van der Waals surface area contributed by atoms with Gasteiger partial charge in [0.05, 0.1) is 0 Å². The third-order valence-corrected chi connectivity index (χ3v) is 2.52. The molecule has 84 valence electrons. The summed E-state index contributed by atoms with van der Waals surface area (Å²) < 4.78 is 0. The van der Waals surface area contributed by atoms with Gasteiger partial charge in [-0.05, 0) is 20.3 Å². The molecule has 0 amide bonds. The van der Waals surface area contributed by atoms with Gasteiger partial charge in [-0.1, -0.05) is 6.92 Å². The van der Waals surface area contributed by atoms with Crippen LogP contribution in [0.4, 0.5) is 11.6 Å². The zero-order valence-corrected chi connectivity index (χ0v) is 9.78. The fourth-order valence-electron chi connectivity index (χ4n) is 1.40. The van der Waals surface area contributed by atoms with Gasteiger partial charge in [-0.3, -0.25) is 0 Å². The predicted molar refractivity (Wildman–Crippen MR) is 62.8 cm³/mol. The lowest BCUT2D eigenvalue weighted by atomic mass is 10.2. The highest BCUT2D eigenvalue weighted by atomic mass is 15.3. The van der Waals surface area contributed by atoms with Crippen LogP contribution in [-0.2, 0) is 6.42 Å². The van der Waals surface area contributed by atoms with Crippen molar-refractivity contribution in [3.63, 3.8) is 0 Å². The summed E-state index contributed by atoms with van der Waals surface area (Å²) in [7, 11) is 2.02. The van der Waals surface area contributed by atoms with E-state index in [9.17, 15) is 0 Å². The van der Waals surface area contributed by atoms with Crippen LogP contribution in [0.3, 0.4) is 0 Å². The van der Waals surface area contributed by atoms with E-state index < -0.39 is 0 Å². The molecule has 0 saturated heterocycles. The molecule has 1 heterocycles. The molecular weight excluding hydrogens is 190 g/mol. The number of hydrogen-bond acceptors (Lipinski definition) is 5. The molecule has 0 bridgehead atoms. The Morgan fingerprint density at radius 2 is 2.13 bits per heavy atom. The molecule has 0 radical (unpaired) electrons. The summed E-state index contributed by atoms with van der Waals surface area (Å²) in [4.78, 5) is 10.5. The Labute approximate surface area is 90.7 Å². The van der Waals surface area contributed by atoms with Crippen LogP contribution in [-0.4, -0.2) is 23.1 Å². The molecule has 0 aliphatic rings. The summed E-state index contributed by atoms with van der Waals surface area (Å²) in [5.41, 5.74) is 3.65. The van der Waals surface area contributed by atoms with E-state index in [0.717, 1.165) is 17.8 Å². The maximum Gasteiger partial charge on any atom is 0.148 e. The van der Waals surface area contributed by atoms with Crippen LogP contribution in [0.25, 0.3) is 0 Å². The molecule has 0 aromatic carbocycles. The first kappa shape index (κ1) is 11.7. The fourth-order valence-corrected chi connectivity index (χ4v) is 1.40. The summed E-state index contributed by atoms with van der Waals surface area (Å²) in [6.45, 7) is 6.31. The molecule has 15 heavy (non-hydrogen) atoms. The van der Waals surface area contributed by atoms with Gasteiger partial charge in [0.2, 0.25) is 0 Å². The Morgan fingerprint density at radius 3 is 2.60 bits per heavy atom. The number of anilines is 2. The normalized spacial score (nSPS) is 10.5. The molecule has 1 aromatic rings. The molecule has 1 aromatic heterocycles. The number of nitrogens with two attached hydrogens (primary N) is 1. The van der Waals surface area contributed by atoms with E-state index in [1.807, 2.05) is 7.05 Å². The molecule has 1 rings (SSSR count). The Hall–Kier alpha value is -1.36. The molecule has 0 aliphatic heterocycles. The number of nitrogen functional groups attached to an aromatic ring is 1. The van der Waals surface area contributed by atoms with Crippen molar-refractivity contribution >= 4 is 11.6 Å². The van der Waals surface area contributed by atoms with Crippen molar-refractivity contribution in [1.29, 1.82) is 0 Å². The molecule has 0 fully saturated rings. The summed E-state index contributed by atoms with van der Waals surface area (Å²) in [6.07, 6.45) is 2.38. The lowest BCUT2D eigenvalue weighted by Crippen LogP contribution is -2.28. The van der Waals surface area contributed by atoms with Crippen LogP contribution in [0, 0.1) is 0 Å². The number of rotatable bonds is 4. The maximum absolute atomic E-state index is 5.41. The third-order valence-electron chi connectivity index (χ3n) is 2.52. The van der Waals surface area contributed by atoms with Crippen LogP contribution >= 0.6 is 0 Å². The molecule has 0 spiro atoms. The molecule has 0 unspecified atom stereocenters. The van der Waals surface area contributed by atoms with E-state index in [0.29, 0.717) is 11.9 Å². The van der Waals surface area contributed by atoms with Crippen LogP contribution in [0.2, 0.25) is 0 Å². The first-order chi connectivity index (χ1) is 7.11. The lowest BCUT2D eigenvalue weighted by molar-refractivity contribution is 0.735. The van der Waals surface area contributed by atoms with Crippen LogP contribution in [0.1, 0.15) is 26.3 Å². The van der Waals surface area contributed by atoms with Crippen molar-refractivity contribution in [1.82, 2.24) is 9.97 Å². The smallest absolute Gasteiger partial charge is 0.148 e. The van der Waals surface area contributed by atoms with E-state index in [-0.39, 0.29) is 0 Å². The van der Waals surface area contributed by atoms with Gasteiger partial charge in [0.15, 0.2) is 0 Å². The Kier molecular flexibility index (Phi) is 3.85. The van der Waals surface area contributed by atoms with Crippen molar-refractivity contribution < 1.29 is 0 Å². The maximum atomic E-state index is 5.41. The number of nitrogens with zero attached hydrogens (tertiary/aromatic N) is 3.